The Kier molecular flexibility index (Phi) is 70.8. The average Bonchev–Trinajstić information content (AvgIpc) is 1.71. The molecule has 0 aromatic heterocycles. The first-order valence-electron chi connectivity index (χ1n) is 3.23. The van der Waals surface area contributed by atoms with Crippen molar-refractivity contribution in [2.45, 2.75) is 31.3 Å². The predicted molar refractivity (Wildman–Crippen MR) is 39.2 cm³/mol. The molecule has 2 nitrogen and oxygen atoms in total. The Hall–Kier alpha value is 1.45. The number of rotatable bonds is 2. The molecule has 0 bridgehead atoms. The van der Waals surface area contributed by atoms with Crippen LogP contribution in [0.15, 0.2) is 0 Å². The van der Waals surface area contributed by atoms with Gasteiger partial charge in [-0.2, -0.15) is 0 Å². The Labute approximate surface area is 92.7 Å². The molecule has 56 valence electrons. The van der Waals surface area contributed by atoms with E-state index in [1.54, 1.807) is 6.92 Å². The molecule has 4 heteroatoms. The van der Waals surface area contributed by atoms with Gasteiger partial charge >= 0.3 is 69.2 Å². The Bertz CT molecular complexity index is 29.7. The van der Waals surface area contributed by atoms with Crippen LogP contribution < -0.4 is 34.7 Å². The van der Waals surface area contributed by atoms with Crippen molar-refractivity contribution < 1.29 is 40.1 Å². The maximum Gasteiger partial charge on any atom is 1.00 e. The van der Waals surface area contributed by atoms with Gasteiger partial charge in [-0.25, -0.2) is 0 Å². The van der Waals surface area contributed by atoms with E-state index in [0.717, 1.165) is 15.2 Å². The first kappa shape index (κ1) is 22.5. The zero-order valence-electron chi connectivity index (χ0n) is 7.55. The zero-order valence-corrected chi connectivity index (χ0v) is 10.7. The molecule has 0 spiro atoms. The summed E-state index contributed by atoms with van der Waals surface area (Å²) in [6.07, 6.45) is 0. The van der Waals surface area contributed by atoms with Crippen LogP contribution >= 0.6 is 0 Å². The fourth-order valence-corrected chi connectivity index (χ4v) is 0.866. The van der Waals surface area contributed by atoms with Gasteiger partial charge in [-0.05, 0) is 0 Å². The fourth-order valence-electron chi connectivity index (χ4n) is 0.289. The number of hydrogen-bond donors (Lipinski definition) is 0. The van der Waals surface area contributed by atoms with Crippen LogP contribution in [0.2, 0.25) is 10.6 Å². The van der Waals surface area contributed by atoms with Gasteiger partial charge in [0, 0.05) is 0 Å². The summed E-state index contributed by atoms with van der Waals surface area (Å²) < 4.78 is 0. The standard InChI is InChI=1S/C2H5O.2C2H5.Al.Na.H2O/c1-2-3;2*1-2;;;/h2H2,1H3;2*1H2,2H3;;;1H2/q-1;;;2*+1;/p-1. The van der Waals surface area contributed by atoms with E-state index in [9.17, 15) is 0 Å². The monoisotopic (exact) mass is 170 g/mol. The Balaban J connectivity index is -0.0000000326. The van der Waals surface area contributed by atoms with E-state index in [2.05, 4.69) is 13.8 Å². The summed E-state index contributed by atoms with van der Waals surface area (Å²) >= 11 is 0.815. The van der Waals surface area contributed by atoms with Crippen LogP contribution in [0.1, 0.15) is 20.8 Å². The molecule has 0 saturated carbocycles. The fraction of sp³-hybridized carbons (Fsp3) is 1.00. The third kappa shape index (κ3) is 56.7. The molecule has 0 aliphatic rings. The van der Waals surface area contributed by atoms with Crippen molar-refractivity contribution in [3.05, 3.63) is 0 Å². The molecule has 0 aliphatic heterocycles. The quantitative estimate of drug-likeness (QED) is 0.440. The molecule has 0 amide bonds. The molecule has 0 fully saturated rings. The molecular weight excluding hydrogens is 154 g/mol. The Morgan fingerprint density at radius 1 is 1.10 bits per heavy atom. The summed E-state index contributed by atoms with van der Waals surface area (Å²) in [4.78, 5) is 0. The summed E-state index contributed by atoms with van der Waals surface area (Å²) in [7, 11) is 0. The van der Waals surface area contributed by atoms with E-state index in [1.807, 2.05) is 0 Å². The minimum Gasteiger partial charge on any atom is -0.870 e. The SMILES string of the molecule is CC[O-].C[CH2][Al+][CH2]C.[Na+].[OH-]. The summed E-state index contributed by atoms with van der Waals surface area (Å²) in [6.45, 7) is 6.07. The topological polar surface area (TPSA) is 53.1 Å². The van der Waals surface area contributed by atoms with Crippen molar-refractivity contribution in [3.8, 4) is 0 Å². The van der Waals surface area contributed by atoms with Gasteiger partial charge in [-0.1, -0.05) is 6.92 Å². The van der Waals surface area contributed by atoms with Crippen molar-refractivity contribution in [3.63, 3.8) is 0 Å². The van der Waals surface area contributed by atoms with Gasteiger partial charge < -0.3 is 10.6 Å². The number of hydrogen-bond acceptors (Lipinski definition) is 2. The molecule has 0 heterocycles. The van der Waals surface area contributed by atoms with Gasteiger partial charge in [-0.15, -0.1) is 6.61 Å². The molecule has 0 saturated heterocycles. The molecule has 0 aromatic carbocycles. The molecule has 10 heavy (non-hydrogen) atoms. The van der Waals surface area contributed by atoms with Crippen LogP contribution in [0, 0.1) is 0 Å². The van der Waals surface area contributed by atoms with E-state index in [-0.39, 0.29) is 41.6 Å². The van der Waals surface area contributed by atoms with Crippen LogP contribution in [0.3, 0.4) is 0 Å². The molecule has 0 radical (unpaired) electrons. The van der Waals surface area contributed by atoms with Crippen LogP contribution in [0.25, 0.3) is 0 Å². The molecule has 0 rings (SSSR count). The van der Waals surface area contributed by atoms with Crippen molar-refractivity contribution in [1.29, 1.82) is 0 Å². The van der Waals surface area contributed by atoms with Gasteiger partial charge in [0.1, 0.15) is 0 Å². The third-order valence-corrected chi connectivity index (χ3v) is 1.73. The van der Waals surface area contributed by atoms with Crippen LogP contribution in [-0.2, 0) is 0 Å². The zero-order chi connectivity index (χ0) is 6.83. The van der Waals surface area contributed by atoms with E-state index in [4.69, 9.17) is 5.11 Å². The maximum absolute atomic E-state index is 8.93. The van der Waals surface area contributed by atoms with Crippen LogP contribution in [-0.4, -0.2) is 27.3 Å². The molecular formula is C6H16AlNaO2. The van der Waals surface area contributed by atoms with E-state index in [0.29, 0.717) is 0 Å². The van der Waals surface area contributed by atoms with Crippen molar-refractivity contribution in [2.24, 2.45) is 0 Å². The minimum atomic E-state index is 0. The van der Waals surface area contributed by atoms with Gasteiger partial charge in [0.2, 0.25) is 0 Å². The molecule has 0 aromatic rings. The summed E-state index contributed by atoms with van der Waals surface area (Å²) in [5, 5.41) is 11.8. The summed E-state index contributed by atoms with van der Waals surface area (Å²) in [6, 6.07) is 0. The maximum atomic E-state index is 8.93. The van der Waals surface area contributed by atoms with Gasteiger partial charge in [0.05, 0.1) is 0 Å². The van der Waals surface area contributed by atoms with Crippen LogP contribution in [0.4, 0.5) is 0 Å². The second-order valence-corrected chi connectivity index (χ2v) is 3.60. The largest absolute Gasteiger partial charge is 1.00 e. The Morgan fingerprint density at radius 3 is 1.30 bits per heavy atom. The summed E-state index contributed by atoms with van der Waals surface area (Å²) in [5.41, 5.74) is 0. The van der Waals surface area contributed by atoms with Gasteiger partial charge in [0.25, 0.3) is 0 Å². The van der Waals surface area contributed by atoms with Crippen molar-refractivity contribution in [1.82, 2.24) is 0 Å². The minimum absolute atomic E-state index is 0. The molecule has 1 N–H and O–H groups in total. The van der Waals surface area contributed by atoms with Gasteiger partial charge in [0.15, 0.2) is 0 Å². The first-order valence-corrected chi connectivity index (χ1v) is 4.86. The smallest absolute Gasteiger partial charge is 0.870 e. The second-order valence-electron chi connectivity index (χ2n) is 1.39. The average molecular weight is 170 g/mol. The normalized spacial score (nSPS) is 5.20. The molecule has 0 aliphatic carbocycles. The van der Waals surface area contributed by atoms with Crippen LogP contribution in [0.5, 0.6) is 0 Å². The van der Waals surface area contributed by atoms with E-state index >= 15 is 0 Å². The Morgan fingerprint density at radius 2 is 1.30 bits per heavy atom. The summed E-state index contributed by atoms with van der Waals surface area (Å²) in [5.74, 6) is 0. The first-order chi connectivity index (χ1) is 3.83. The van der Waals surface area contributed by atoms with E-state index in [1.165, 1.54) is 10.6 Å². The van der Waals surface area contributed by atoms with Crippen molar-refractivity contribution >= 4 is 15.2 Å². The molecule has 0 atom stereocenters. The van der Waals surface area contributed by atoms with Crippen molar-refractivity contribution in [2.75, 3.05) is 6.61 Å². The third-order valence-electron chi connectivity index (χ3n) is 0.577. The van der Waals surface area contributed by atoms with E-state index < -0.39 is 0 Å². The molecule has 0 unspecified atom stereocenters. The second kappa shape index (κ2) is 31.4. The van der Waals surface area contributed by atoms with Gasteiger partial charge in [-0.3, -0.25) is 0 Å². The predicted octanol–water partition coefficient (Wildman–Crippen LogP) is -2.24.